The maximum Gasteiger partial charge on any atom is 0.126 e. The number of hydrogen-bond donors (Lipinski definition) is 1. The fourth-order valence-electron chi connectivity index (χ4n) is 2.46. The highest BCUT2D eigenvalue weighted by molar-refractivity contribution is 9.10. The van der Waals surface area contributed by atoms with E-state index in [1.54, 1.807) is 6.07 Å². The Balaban J connectivity index is 2.35. The number of rotatable bonds is 5. The zero-order chi connectivity index (χ0) is 15.4. The van der Waals surface area contributed by atoms with Crippen molar-refractivity contribution >= 4 is 27.5 Å². The molecule has 0 amide bonds. The van der Waals surface area contributed by atoms with Crippen LogP contribution in [0.25, 0.3) is 0 Å². The van der Waals surface area contributed by atoms with Gasteiger partial charge in [0.15, 0.2) is 0 Å². The van der Waals surface area contributed by atoms with Crippen LogP contribution in [0.2, 0.25) is 5.02 Å². The lowest BCUT2D eigenvalue weighted by molar-refractivity contribution is 0.526. The molecule has 1 atom stereocenters. The molecule has 0 spiro atoms. The minimum atomic E-state index is -0.180. The van der Waals surface area contributed by atoms with Crippen LogP contribution >= 0.6 is 27.5 Å². The monoisotopic (exact) mass is 369 g/mol. The lowest BCUT2D eigenvalue weighted by Crippen LogP contribution is -2.24. The maximum absolute atomic E-state index is 14.0. The molecular formula is C17H18BrClFN. The predicted octanol–water partition coefficient (Wildman–Crippen LogP) is 5.44. The molecule has 1 nitrogen and oxygen atoms in total. The van der Waals surface area contributed by atoms with E-state index in [-0.39, 0.29) is 11.9 Å². The molecule has 0 saturated carbocycles. The van der Waals surface area contributed by atoms with E-state index in [0.717, 1.165) is 27.2 Å². The molecule has 4 heteroatoms. The van der Waals surface area contributed by atoms with Gasteiger partial charge in [-0.15, -0.1) is 0 Å². The van der Waals surface area contributed by atoms with E-state index in [2.05, 4.69) is 21.2 Å². The van der Waals surface area contributed by atoms with Gasteiger partial charge in [0.2, 0.25) is 0 Å². The largest absolute Gasteiger partial charge is 0.310 e. The van der Waals surface area contributed by atoms with E-state index >= 15 is 0 Å². The van der Waals surface area contributed by atoms with E-state index in [1.165, 1.54) is 6.07 Å². The molecule has 1 N–H and O–H groups in total. The van der Waals surface area contributed by atoms with Gasteiger partial charge in [-0.05, 0) is 60.8 Å². The Morgan fingerprint density at radius 2 is 2.05 bits per heavy atom. The van der Waals surface area contributed by atoms with Gasteiger partial charge < -0.3 is 5.32 Å². The maximum atomic E-state index is 14.0. The fraction of sp³-hybridized carbons (Fsp3) is 0.294. The van der Waals surface area contributed by atoms with Crippen molar-refractivity contribution in [3.05, 3.63) is 68.4 Å². The van der Waals surface area contributed by atoms with Gasteiger partial charge in [-0.25, -0.2) is 4.39 Å². The Morgan fingerprint density at radius 1 is 1.29 bits per heavy atom. The van der Waals surface area contributed by atoms with Crippen molar-refractivity contribution in [2.75, 3.05) is 6.54 Å². The van der Waals surface area contributed by atoms with Gasteiger partial charge in [0.05, 0.1) is 0 Å². The molecule has 2 aromatic rings. The van der Waals surface area contributed by atoms with Crippen LogP contribution in [0.5, 0.6) is 0 Å². The summed E-state index contributed by atoms with van der Waals surface area (Å²) in [7, 11) is 0. The second-order valence-electron chi connectivity index (χ2n) is 5.00. The average Bonchev–Trinajstić information content (AvgIpc) is 2.45. The highest BCUT2D eigenvalue weighted by Gasteiger charge is 2.17. The number of nitrogens with one attached hydrogen (secondary N) is 1. The number of hydrogen-bond acceptors (Lipinski definition) is 1. The first-order valence-electron chi connectivity index (χ1n) is 6.95. The third-order valence-electron chi connectivity index (χ3n) is 3.57. The summed E-state index contributed by atoms with van der Waals surface area (Å²) in [4.78, 5) is 0. The predicted molar refractivity (Wildman–Crippen MR) is 90.4 cm³/mol. The molecule has 1 unspecified atom stereocenters. The van der Waals surface area contributed by atoms with Crippen molar-refractivity contribution in [3.8, 4) is 0 Å². The van der Waals surface area contributed by atoms with Gasteiger partial charge in [0, 0.05) is 15.5 Å². The summed E-state index contributed by atoms with van der Waals surface area (Å²) >= 11 is 9.61. The summed E-state index contributed by atoms with van der Waals surface area (Å²) in [5.74, 6) is -0.180. The van der Waals surface area contributed by atoms with E-state index in [9.17, 15) is 4.39 Å². The minimum Gasteiger partial charge on any atom is -0.310 e. The van der Waals surface area contributed by atoms with E-state index < -0.39 is 0 Å². The molecule has 2 aromatic carbocycles. The van der Waals surface area contributed by atoms with Crippen molar-refractivity contribution in [1.82, 2.24) is 5.32 Å². The third-order valence-corrected chi connectivity index (χ3v) is 4.47. The van der Waals surface area contributed by atoms with Crippen LogP contribution < -0.4 is 5.32 Å². The van der Waals surface area contributed by atoms with Gasteiger partial charge in [0.25, 0.3) is 0 Å². The molecule has 0 aliphatic carbocycles. The average molecular weight is 371 g/mol. The van der Waals surface area contributed by atoms with Crippen LogP contribution in [0.4, 0.5) is 4.39 Å². The SMILES string of the molecule is CCNC(Cc1cc(Br)ccc1F)c1cccc(Cl)c1C. The van der Waals surface area contributed by atoms with Crippen LogP contribution in [0.1, 0.15) is 29.7 Å². The molecule has 0 bridgehead atoms. The molecule has 0 radical (unpaired) electrons. The lowest BCUT2D eigenvalue weighted by Gasteiger charge is -2.21. The van der Waals surface area contributed by atoms with Crippen LogP contribution in [0.3, 0.4) is 0 Å². The van der Waals surface area contributed by atoms with Crippen molar-refractivity contribution in [2.24, 2.45) is 0 Å². The summed E-state index contributed by atoms with van der Waals surface area (Å²) in [6, 6.07) is 10.9. The first-order chi connectivity index (χ1) is 10.0. The molecular weight excluding hydrogens is 353 g/mol. The second-order valence-corrected chi connectivity index (χ2v) is 6.33. The summed E-state index contributed by atoms with van der Waals surface area (Å²) in [6.45, 7) is 4.86. The molecule has 0 aromatic heterocycles. The van der Waals surface area contributed by atoms with E-state index in [0.29, 0.717) is 12.0 Å². The molecule has 0 saturated heterocycles. The van der Waals surface area contributed by atoms with Gasteiger partial charge >= 0.3 is 0 Å². The van der Waals surface area contributed by atoms with Gasteiger partial charge in [-0.2, -0.15) is 0 Å². The second kappa shape index (κ2) is 7.39. The van der Waals surface area contributed by atoms with E-state index in [4.69, 9.17) is 11.6 Å². The summed E-state index contributed by atoms with van der Waals surface area (Å²) in [5, 5.41) is 4.16. The highest BCUT2D eigenvalue weighted by Crippen LogP contribution is 2.28. The van der Waals surface area contributed by atoms with Crippen LogP contribution in [-0.4, -0.2) is 6.54 Å². The lowest BCUT2D eigenvalue weighted by atomic mass is 9.95. The molecule has 21 heavy (non-hydrogen) atoms. The minimum absolute atomic E-state index is 0.0394. The van der Waals surface area contributed by atoms with Gasteiger partial charge in [-0.3, -0.25) is 0 Å². The Morgan fingerprint density at radius 3 is 2.76 bits per heavy atom. The van der Waals surface area contributed by atoms with Crippen molar-refractivity contribution in [1.29, 1.82) is 0 Å². The molecule has 0 heterocycles. The smallest absolute Gasteiger partial charge is 0.126 e. The first-order valence-corrected chi connectivity index (χ1v) is 8.12. The standard InChI is InChI=1S/C17H18BrClFN/c1-3-21-17(14-5-4-6-15(19)11(14)2)10-12-9-13(18)7-8-16(12)20/h4-9,17,21H,3,10H2,1-2H3. The quantitative estimate of drug-likeness (QED) is 0.738. The Labute approximate surface area is 138 Å². The van der Waals surface area contributed by atoms with Crippen LogP contribution in [0, 0.1) is 12.7 Å². The molecule has 0 aliphatic heterocycles. The van der Waals surface area contributed by atoms with Crippen molar-refractivity contribution in [3.63, 3.8) is 0 Å². The molecule has 0 fully saturated rings. The zero-order valence-electron chi connectivity index (χ0n) is 12.1. The Bertz CT molecular complexity index is 630. The van der Waals surface area contributed by atoms with Gasteiger partial charge in [-0.1, -0.05) is 46.6 Å². The number of halogens is 3. The third kappa shape index (κ3) is 4.06. The van der Waals surface area contributed by atoms with Crippen LogP contribution in [-0.2, 0) is 6.42 Å². The van der Waals surface area contributed by atoms with Crippen LogP contribution in [0.15, 0.2) is 40.9 Å². The van der Waals surface area contributed by atoms with Gasteiger partial charge in [0.1, 0.15) is 5.82 Å². The van der Waals surface area contributed by atoms with E-state index in [1.807, 2.05) is 38.1 Å². The summed E-state index contributed by atoms with van der Waals surface area (Å²) in [5.41, 5.74) is 2.85. The van der Waals surface area contributed by atoms with Crippen molar-refractivity contribution in [2.45, 2.75) is 26.3 Å². The fourth-order valence-corrected chi connectivity index (χ4v) is 3.05. The summed E-state index contributed by atoms with van der Waals surface area (Å²) < 4.78 is 14.9. The number of likely N-dealkylation sites (N-methyl/N-ethyl adjacent to an activating group) is 1. The Hall–Kier alpha value is -0.900. The first kappa shape index (κ1) is 16.5. The Kier molecular flexibility index (Phi) is 5.80. The molecule has 112 valence electrons. The van der Waals surface area contributed by atoms with Crippen molar-refractivity contribution < 1.29 is 4.39 Å². The topological polar surface area (TPSA) is 12.0 Å². The highest BCUT2D eigenvalue weighted by atomic mass is 79.9. The number of benzene rings is 2. The normalized spacial score (nSPS) is 12.4. The zero-order valence-corrected chi connectivity index (χ0v) is 14.4. The summed E-state index contributed by atoms with van der Waals surface area (Å²) in [6.07, 6.45) is 0.584. The molecule has 2 rings (SSSR count). The molecule has 0 aliphatic rings.